The summed E-state index contributed by atoms with van der Waals surface area (Å²) in [5.74, 6) is -2.26. The van der Waals surface area contributed by atoms with E-state index in [1.165, 1.54) is 12.1 Å². The van der Waals surface area contributed by atoms with Crippen molar-refractivity contribution in [3.05, 3.63) is 23.8 Å². The molecule has 0 unspecified atom stereocenters. The Hall–Kier alpha value is -2.57. The fourth-order valence-corrected chi connectivity index (χ4v) is 1.83. The number of aromatic hydroxyl groups is 1. The van der Waals surface area contributed by atoms with Crippen molar-refractivity contribution < 1.29 is 24.6 Å². The maximum atomic E-state index is 11.8. The normalized spacial score (nSPS) is 17.9. The number of carboxylic acids is 1. The first-order valence-electron chi connectivity index (χ1n) is 5.64. The van der Waals surface area contributed by atoms with Crippen LogP contribution in [0.25, 0.3) is 0 Å². The van der Waals surface area contributed by atoms with E-state index in [4.69, 9.17) is 5.11 Å². The molecule has 0 aromatic heterocycles. The molecule has 1 aliphatic rings. The van der Waals surface area contributed by atoms with Crippen molar-refractivity contribution in [3.63, 3.8) is 0 Å². The number of benzene rings is 1. The highest BCUT2D eigenvalue weighted by Gasteiger charge is 2.27. The van der Waals surface area contributed by atoms with Crippen LogP contribution in [0, 0.1) is 0 Å². The quantitative estimate of drug-likeness (QED) is 0.586. The Bertz CT molecular complexity index is 555. The van der Waals surface area contributed by atoms with Gasteiger partial charge in [0.25, 0.3) is 0 Å². The van der Waals surface area contributed by atoms with Crippen LogP contribution in [-0.4, -0.2) is 34.0 Å². The summed E-state index contributed by atoms with van der Waals surface area (Å²) in [4.78, 5) is 33.6. The Morgan fingerprint density at radius 3 is 2.68 bits per heavy atom. The van der Waals surface area contributed by atoms with E-state index in [0.29, 0.717) is 12.8 Å². The average Bonchev–Trinajstić information content (AvgIpc) is 2.78. The van der Waals surface area contributed by atoms with Gasteiger partial charge < -0.3 is 20.8 Å². The molecule has 0 bridgehead atoms. The molecule has 1 saturated heterocycles. The predicted octanol–water partition coefficient (Wildman–Crippen LogP) is 0.308. The van der Waals surface area contributed by atoms with Crippen molar-refractivity contribution in [1.29, 1.82) is 0 Å². The van der Waals surface area contributed by atoms with E-state index in [1.54, 1.807) is 0 Å². The zero-order valence-electron chi connectivity index (χ0n) is 9.84. The number of hydrogen-bond acceptors (Lipinski definition) is 4. The molecule has 2 rings (SSSR count). The van der Waals surface area contributed by atoms with E-state index in [-0.39, 0.29) is 22.9 Å². The van der Waals surface area contributed by atoms with Crippen molar-refractivity contribution in [2.24, 2.45) is 0 Å². The summed E-state index contributed by atoms with van der Waals surface area (Å²) in [6.07, 6.45) is 0.711. The number of carbonyl (C=O) groups excluding carboxylic acids is 2. The summed E-state index contributed by atoms with van der Waals surface area (Å²) in [5, 5.41) is 23.2. The number of nitrogens with one attached hydrogen (secondary N) is 2. The van der Waals surface area contributed by atoms with Crippen molar-refractivity contribution in [1.82, 2.24) is 5.32 Å². The molecule has 0 spiro atoms. The number of phenols is 1. The molecule has 100 valence electrons. The summed E-state index contributed by atoms with van der Waals surface area (Å²) >= 11 is 0. The highest BCUT2D eigenvalue weighted by atomic mass is 16.4. The van der Waals surface area contributed by atoms with Crippen LogP contribution in [0.3, 0.4) is 0 Å². The highest BCUT2D eigenvalue weighted by molar-refractivity contribution is 6.00. The lowest BCUT2D eigenvalue weighted by atomic mass is 10.1. The minimum atomic E-state index is -1.29. The van der Waals surface area contributed by atoms with Gasteiger partial charge in [0.15, 0.2) is 0 Å². The molecule has 19 heavy (non-hydrogen) atoms. The van der Waals surface area contributed by atoms with Crippen molar-refractivity contribution in [2.45, 2.75) is 18.9 Å². The van der Waals surface area contributed by atoms with Gasteiger partial charge in [-0.1, -0.05) is 0 Å². The minimum absolute atomic E-state index is 0.183. The van der Waals surface area contributed by atoms with Gasteiger partial charge in [-0.2, -0.15) is 0 Å². The topological polar surface area (TPSA) is 116 Å². The standard InChI is InChI=1S/C12H12N2O5/c15-9-3-1-6(5-7(9)12(18)19)13-11(17)8-2-4-10(16)14-8/h1,3,5,8,15H,2,4H2,(H,13,17)(H,14,16)(H,18,19)/t8-/m1/s1. The number of aromatic carboxylic acids is 1. The van der Waals surface area contributed by atoms with E-state index in [2.05, 4.69) is 10.6 Å². The Labute approximate surface area is 108 Å². The summed E-state index contributed by atoms with van der Waals surface area (Å²) < 4.78 is 0. The lowest BCUT2D eigenvalue weighted by Gasteiger charge is -2.11. The second-order valence-electron chi connectivity index (χ2n) is 4.19. The molecule has 0 radical (unpaired) electrons. The molecule has 2 amide bonds. The maximum Gasteiger partial charge on any atom is 0.339 e. The molecular weight excluding hydrogens is 252 g/mol. The van der Waals surface area contributed by atoms with Gasteiger partial charge in [0, 0.05) is 12.1 Å². The van der Waals surface area contributed by atoms with E-state index in [0.717, 1.165) is 6.07 Å². The van der Waals surface area contributed by atoms with Gasteiger partial charge >= 0.3 is 5.97 Å². The largest absolute Gasteiger partial charge is 0.507 e. The molecule has 1 atom stereocenters. The molecule has 7 heteroatoms. The van der Waals surface area contributed by atoms with Gasteiger partial charge in [0.05, 0.1) is 0 Å². The van der Waals surface area contributed by atoms with E-state index >= 15 is 0 Å². The van der Waals surface area contributed by atoms with Crippen molar-refractivity contribution >= 4 is 23.5 Å². The fraction of sp³-hybridized carbons (Fsp3) is 0.250. The molecule has 7 nitrogen and oxygen atoms in total. The Balaban J connectivity index is 2.11. The monoisotopic (exact) mass is 264 g/mol. The predicted molar refractivity (Wildman–Crippen MR) is 64.9 cm³/mol. The van der Waals surface area contributed by atoms with E-state index in [1.807, 2.05) is 0 Å². The summed E-state index contributed by atoms with van der Waals surface area (Å²) in [5.41, 5.74) is -0.0467. The van der Waals surface area contributed by atoms with Gasteiger partial charge in [0.2, 0.25) is 11.8 Å². The van der Waals surface area contributed by atoms with Crippen LogP contribution in [0.4, 0.5) is 5.69 Å². The van der Waals surface area contributed by atoms with E-state index in [9.17, 15) is 19.5 Å². The average molecular weight is 264 g/mol. The van der Waals surface area contributed by atoms with Crippen LogP contribution in [0.2, 0.25) is 0 Å². The lowest BCUT2D eigenvalue weighted by molar-refractivity contribution is -0.122. The Morgan fingerprint density at radius 1 is 1.37 bits per heavy atom. The van der Waals surface area contributed by atoms with Crippen LogP contribution < -0.4 is 10.6 Å². The SMILES string of the molecule is O=C1CC[C@H](C(=O)Nc2ccc(O)c(C(=O)O)c2)N1. The van der Waals surface area contributed by atoms with Crippen LogP contribution in [0.1, 0.15) is 23.2 Å². The number of rotatable bonds is 3. The lowest BCUT2D eigenvalue weighted by Crippen LogP contribution is -2.37. The highest BCUT2D eigenvalue weighted by Crippen LogP contribution is 2.22. The second kappa shape index (κ2) is 4.97. The molecule has 1 aromatic carbocycles. The Morgan fingerprint density at radius 2 is 2.11 bits per heavy atom. The Kier molecular flexibility index (Phi) is 3.37. The van der Waals surface area contributed by atoms with Crippen LogP contribution in [0.15, 0.2) is 18.2 Å². The van der Waals surface area contributed by atoms with Gasteiger partial charge in [-0.15, -0.1) is 0 Å². The first kappa shape index (κ1) is 12.9. The molecule has 4 N–H and O–H groups in total. The molecule has 1 aliphatic heterocycles. The summed E-state index contributed by atoms with van der Waals surface area (Å²) in [6.45, 7) is 0. The zero-order chi connectivity index (χ0) is 14.0. The number of carboxylic acid groups (broad SMARTS) is 1. The first-order chi connectivity index (χ1) is 8.97. The van der Waals surface area contributed by atoms with Gasteiger partial charge in [-0.05, 0) is 24.6 Å². The fourth-order valence-electron chi connectivity index (χ4n) is 1.83. The van der Waals surface area contributed by atoms with Crippen LogP contribution in [-0.2, 0) is 9.59 Å². The number of amides is 2. The molecule has 1 fully saturated rings. The van der Waals surface area contributed by atoms with E-state index < -0.39 is 17.9 Å². The first-order valence-corrected chi connectivity index (χ1v) is 5.64. The van der Waals surface area contributed by atoms with Gasteiger partial charge in [-0.3, -0.25) is 9.59 Å². The number of carbonyl (C=O) groups is 3. The van der Waals surface area contributed by atoms with Gasteiger partial charge in [-0.25, -0.2) is 4.79 Å². The van der Waals surface area contributed by atoms with Crippen molar-refractivity contribution in [2.75, 3.05) is 5.32 Å². The third-order valence-electron chi connectivity index (χ3n) is 2.81. The maximum absolute atomic E-state index is 11.8. The van der Waals surface area contributed by atoms with Gasteiger partial charge in [0.1, 0.15) is 17.4 Å². The number of anilines is 1. The van der Waals surface area contributed by atoms with Crippen LogP contribution >= 0.6 is 0 Å². The molecule has 0 saturated carbocycles. The third kappa shape index (κ3) is 2.82. The number of hydrogen-bond donors (Lipinski definition) is 4. The summed E-state index contributed by atoms with van der Waals surface area (Å²) in [7, 11) is 0. The second-order valence-corrected chi connectivity index (χ2v) is 4.19. The summed E-state index contributed by atoms with van der Waals surface area (Å²) in [6, 6.07) is 3.13. The molecule has 1 aromatic rings. The van der Waals surface area contributed by atoms with Crippen molar-refractivity contribution in [3.8, 4) is 5.75 Å². The third-order valence-corrected chi connectivity index (χ3v) is 2.81. The van der Waals surface area contributed by atoms with Crippen LogP contribution in [0.5, 0.6) is 5.75 Å². The zero-order valence-corrected chi connectivity index (χ0v) is 9.84. The smallest absolute Gasteiger partial charge is 0.339 e. The minimum Gasteiger partial charge on any atom is -0.507 e. The molecular formula is C12H12N2O5. The molecule has 1 heterocycles. The molecule has 0 aliphatic carbocycles.